The van der Waals surface area contributed by atoms with Crippen molar-refractivity contribution in [3.63, 3.8) is 0 Å². The van der Waals surface area contributed by atoms with Gasteiger partial charge >= 0.3 is 5.97 Å². The number of hydrogen-bond acceptors (Lipinski definition) is 3. The first-order chi connectivity index (χ1) is 7.76. The Hall–Kier alpha value is -1.22. The second kappa shape index (κ2) is 7.12. The third-order valence-electron chi connectivity index (χ3n) is 1.87. The van der Waals surface area contributed by atoms with Gasteiger partial charge in [-0.05, 0) is 18.6 Å². The molecule has 1 aromatic carbocycles. The van der Waals surface area contributed by atoms with Gasteiger partial charge < -0.3 is 9.47 Å². The minimum absolute atomic E-state index is 0.252. The van der Waals surface area contributed by atoms with Crippen LogP contribution < -0.4 is 9.47 Å². The van der Waals surface area contributed by atoms with E-state index in [1.807, 2.05) is 6.07 Å². The lowest BCUT2D eigenvalue weighted by atomic mass is 10.3. The highest BCUT2D eigenvalue weighted by atomic mass is 35.5. The fourth-order valence-corrected chi connectivity index (χ4v) is 1.18. The van der Waals surface area contributed by atoms with Crippen molar-refractivity contribution in [2.24, 2.45) is 0 Å². The lowest BCUT2D eigenvalue weighted by Crippen LogP contribution is -2.05. The van der Waals surface area contributed by atoms with Gasteiger partial charge in [-0.15, -0.1) is 11.6 Å². The van der Waals surface area contributed by atoms with Crippen molar-refractivity contribution >= 4 is 17.6 Å². The summed E-state index contributed by atoms with van der Waals surface area (Å²) < 4.78 is 10.5. The Morgan fingerprint density at radius 3 is 2.81 bits per heavy atom. The Morgan fingerprint density at radius 1 is 1.38 bits per heavy atom. The molecule has 1 rings (SSSR count). The number of rotatable bonds is 6. The number of carbonyl (C=O) groups excluding carboxylic acids is 1. The van der Waals surface area contributed by atoms with E-state index in [9.17, 15) is 4.79 Å². The standard InChI is InChI=1S/C12H15ClO3/c1-2-12(14)16-11-6-3-5-10(9-11)15-8-4-7-13/h3,5-6,9H,2,4,7-8H2,1H3. The fraction of sp³-hybridized carbons (Fsp3) is 0.417. The van der Waals surface area contributed by atoms with Crippen molar-refractivity contribution in [3.05, 3.63) is 24.3 Å². The van der Waals surface area contributed by atoms with E-state index in [1.165, 1.54) is 0 Å². The minimum atomic E-state index is -0.252. The molecule has 1 aromatic rings. The zero-order valence-electron chi connectivity index (χ0n) is 9.24. The molecule has 0 bridgehead atoms. The van der Waals surface area contributed by atoms with Crippen LogP contribution in [0.4, 0.5) is 0 Å². The molecule has 16 heavy (non-hydrogen) atoms. The monoisotopic (exact) mass is 242 g/mol. The molecule has 0 aromatic heterocycles. The van der Waals surface area contributed by atoms with E-state index < -0.39 is 0 Å². The maximum atomic E-state index is 11.1. The molecule has 88 valence electrons. The third-order valence-corrected chi connectivity index (χ3v) is 2.14. The average Bonchev–Trinajstić information content (AvgIpc) is 2.30. The summed E-state index contributed by atoms with van der Waals surface area (Å²) in [4.78, 5) is 11.1. The van der Waals surface area contributed by atoms with E-state index in [0.29, 0.717) is 30.4 Å². The molecule has 0 saturated carbocycles. The summed E-state index contributed by atoms with van der Waals surface area (Å²) in [6.45, 7) is 2.32. The first-order valence-electron chi connectivity index (χ1n) is 5.25. The predicted molar refractivity (Wildman–Crippen MR) is 63.2 cm³/mol. The van der Waals surface area contributed by atoms with Gasteiger partial charge in [-0.2, -0.15) is 0 Å². The Kier molecular flexibility index (Phi) is 5.72. The molecule has 0 atom stereocenters. The molecule has 0 N–H and O–H groups in total. The quantitative estimate of drug-likeness (QED) is 0.333. The SMILES string of the molecule is CCC(=O)Oc1cccc(OCCCCl)c1. The van der Waals surface area contributed by atoms with Crippen LogP contribution in [-0.2, 0) is 4.79 Å². The minimum Gasteiger partial charge on any atom is -0.493 e. The molecular weight excluding hydrogens is 228 g/mol. The average molecular weight is 243 g/mol. The van der Waals surface area contributed by atoms with Crippen LogP contribution in [0, 0.1) is 0 Å². The van der Waals surface area contributed by atoms with Crippen LogP contribution in [0.1, 0.15) is 19.8 Å². The van der Waals surface area contributed by atoms with E-state index in [1.54, 1.807) is 25.1 Å². The normalized spacial score (nSPS) is 9.88. The van der Waals surface area contributed by atoms with E-state index in [2.05, 4.69) is 0 Å². The van der Waals surface area contributed by atoms with Crippen LogP contribution >= 0.6 is 11.6 Å². The molecule has 0 fully saturated rings. The first kappa shape index (κ1) is 12.8. The van der Waals surface area contributed by atoms with E-state index in [-0.39, 0.29) is 5.97 Å². The van der Waals surface area contributed by atoms with Gasteiger partial charge in [0.2, 0.25) is 0 Å². The number of halogens is 1. The molecule has 0 radical (unpaired) electrons. The highest BCUT2D eigenvalue weighted by Gasteiger charge is 2.02. The van der Waals surface area contributed by atoms with Gasteiger partial charge in [0.25, 0.3) is 0 Å². The molecule has 4 heteroatoms. The largest absolute Gasteiger partial charge is 0.493 e. The second-order valence-electron chi connectivity index (χ2n) is 3.19. The Morgan fingerprint density at radius 2 is 2.12 bits per heavy atom. The lowest BCUT2D eigenvalue weighted by molar-refractivity contribution is -0.134. The van der Waals surface area contributed by atoms with Gasteiger partial charge in [0.1, 0.15) is 11.5 Å². The van der Waals surface area contributed by atoms with Crippen LogP contribution in [0.25, 0.3) is 0 Å². The lowest BCUT2D eigenvalue weighted by Gasteiger charge is -2.07. The molecule has 0 heterocycles. The van der Waals surface area contributed by atoms with Crippen molar-refractivity contribution in [2.45, 2.75) is 19.8 Å². The predicted octanol–water partition coefficient (Wildman–Crippen LogP) is 3.01. The van der Waals surface area contributed by atoms with Crippen LogP contribution in [0.2, 0.25) is 0 Å². The van der Waals surface area contributed by atoms with Crippen molar-refractivity contribution in [3.8, 4) is 11.5 Å². The summed E-state index contributed by atoms with van der Waals surface area (Å²) >= 11 is 5.54. The van der Waals surface area contributed by atoms with Crippen molar-refractivity contribution < 1.29 is 14.3 Å². The van der Waals surface area contributed by atoms with Gasteiger partial charge in [-0.1, -0.05) is 13.0 Å². The second-order valence-corrected chi connectivity index (χ2v) is 3.57. The number of ether oxygens (including phenoxy) is 2. The highest BCUT2D eigenvalue weighted by molar-refractivity contribution is 6.17. The van der Waals surface area contributed by atoms with Crippen LogP contribution in [0.3, 0.4) is 0 Å². The summed E-state index contributed by atoms with van der Waals surface area (Å²) in [5, 5.41) is 0. The van der Waals surface area contributed by atoms with Crippen LogP contribution in [0.5, 0.6) is 11.5 Å². The molecule has 0 spiro atoms. The first-order valence-corrected chi connectivity index (χ1v) is 5.79. The van der Waals surface area contributed by atoms with Gasteiger partial charge in [0.15, 0.2) is 0 Å². The Balaban J connectivity index is 2.53. The molecule has 0 saturated heterocycles. The molecule has 3 nitrogen and oxygen atoms in total. The van der Waals surface area contributed by atoms with Crippen LogP contribution in [-0.4, -0.2) is 18.5 Å². The number of hydrogen-bond donors (Lipinski definition) is 0. The van der Waals surface area contributed by atoms with Gasteiger partial charge in [0.05, 0.1) is 6.61 Å². The van der Waals surface area contributed by atoms with E-state index in [4.69, 9.17) is 21.1 Å². The molecule has 0 aliphatic rings. The number of benzene rings is 1. The zero-order valence-corrected chi connectivity index (χ0v) is 10.00. The zero-order chi connectivity index (χ0) is 11.8. The van der Waals surface area contributed by atoms with Gasteiger partial charge in [0, 0.05) is 18.4 Å². The summed E-state index contributed by atoms with van der Waals surface area (Å²) in [6, 6.07) is 7.02. The third kappa shape index (κ3) is 4.53. The van der Waals surface area contributed by atoms with Gasteiger partial charge in [-0.25, -0.2) is 0 Å². The summed E-state index contributed by atoms with van der Waals surface area (Å²) in [7, 11) is 0. The summed E-state index contributed by atoms with van der Waals surface area (Å²) in [5.41, 5.74) is 0. The van der Waals surface area contributed by atoms with Crippen molar-refractivity contribution in [2.75, 3.05) is 12.5 Å². The van der Waals surface area contributed by atoms with Crippen LogP contribution in [0.15, 0.2) is 24.3 Å². The number of esters is 1. The number of carbonyl (C=O) groups is 1. The Bertz CT molecular complexity index is 339. The topological polar surface area (TPSA) is 35.5 Å². The smallest absolute Gasteiger partial charge is 0.310 e. The molecule has 0 amide bonds. The van der Waals surface area contributed by atoms with Crippen molar-refractivity contribution in [1.82, 2.24) is 0 Å². The van der Waals surface area contributed by atoms with E-state index >= 15 is 0 Å². The molecular formula is C12H15ClO3. The van der Waals surface area contributed by atoms with Gasteiger partial charge in [-0.3, -0.25) is 4.79 Å². The maximum absolute atomic E-state index is 11.1. The highest BCUT2D eigenvalue weighted by Crippen LogP contribution is 2.19. The maximum Gasteiger partial charge on any atom is 0.310 e. The van der Waals surface area contributed by atoms with E-state index in [0.717, 1.165) is 6.42 Å². The van der Waals surface area contributed by atoms with Crippen molar-refractivity contribution in [1.29, 1.82) is 0 Å². The molecule has 0 unspecified atom stereocenters. The summed E-state index contributed by atoms with van der Waals surface area (Å²) in [5.74, 6) is 1.52. The fourth-order valence-electron chi connectivity index (χ4n) is 1.08. The number of alkyl halides is 1. The molecule has 0 aliphatic heterocycles. The Labute approximate surface area is 100 Å². The molecule has 0 aliphatic carbocycles. The summed E-state index contributed by atoms with van der Waals surface area (Å²) in [6.07, 6.45) is 1.15.